The van der Waals surface area contributed by atoms with Crippen LogP contribution in [0.1, 0.15) is 17.3 Å². The average molecular weight is 487 g/mol. The van der Waals surface area contributed by atoms with Gasteiger partial charge in [-0.3, -0.25) is 0 Å². The zero-order valence-corrected chi connectivity index (χ0v) is 20.0. The van der Waals surface area contributed by atoms with E-state index in [1.165, 1.54) is 31.7 Å². The highest BCUT2D eigenvalue weighted by Crippen LogP contribution is 2.44. The number of methoxy groups -OCH3 is 3. The molecule has 0 aliphatic carbocycles. The molecule has 1 atom stereocenters. The molecule has 3 heterocycles. The number of fused-ring (bicyclic) bond motifs is 2. The van der Waals surface area contributed by atoms with E-state index >= 15 is 0 Å². The van der Waals surface area contributed by atoms with E-state index in [0.717, 1.165) is 5.69 Å². The van der Waals surface area contributed by atoms with Crippen LogP contribution in [0.5, 0.6) is 28.7 Å². The number of ether oxygens (including phenoxy) is 5. The van der Waals surface area contributed by atoms with E-state index in [-0.39, 0.29) is 4.90 Å². The summed E-state index contributed by atoms with van der Waals surface area (Å²) < 4.78 is 59.2. The molecule has 5 rings (SSSR count). The second kappa shape index (κ2) is 8.77. The fraction of sp³-hybridized carbons (Fsp3) is 0.333. The number of hydrogen-bond acceptors (Lipinski definition) is 7. The summed E-state index contributed by atoms with van der Waals surface area (Å²) in [5, 5.41) is 0. The molecule has 0 amide bonds. The Morgan fingerprint density at radius 2 is 1.59 bits per heavy atom. The van der Waals surface area contributed by atoms with Crippen LogP contribution in [0, 0.1) is 0 Å². The number of benzene rings is 2. The van der Waals surface area contributed by atoms with Crippen molar-refractivity contribution in [2.24, 2.45) is 0 Å². The van der Waals surface area contributed by atoms with Crippen molar-refractivity contribution in [2.45, 2.75) is 17.5 Å². The van der Waals surface area contributed by atoms with E-state index in [9.17, 15) is 8.42 Å². The molecule has 0 saturated heterocycles. The first kappa shape index (κ1) is 22.4. The van der Waals surface area contributed by atoms with Gasteiger partial charge in [-0.25, -0.2) is 8.42 Å². The Kier molecular flexibility index (Phi) is 5.78. The van der Waals surface area contributed by atoms with Gasteiger partial charge in [-0.2, -0.15) is 4.31 Å². The maximum atomic E-state index is 14.0. The van der Waals surface area contributed by atoms with Crippen molar-refractivity contribution >= 4 is 10.0 Å². The van der Waals surface area contributed by atoms with Crippen LogP contribution in [0.4, 0.5) is 0 Å². The lowest BCUT2D eigenvalue weighted by atomic mass is 10.0. The molecule has 1 aromatic heterocycles. The summed E-state index contributed by atoms with van der Waals surface area (Å²) in [6.45, 7) is 1.64. The Balaban J connectivity index is 1.64. The fourth-order valence-electron chi connectivity index (χ4n) is 4.54. The van der Waals surface area contributed by atoms with E-state index in [1.807, 2.05) is 18.3 Å². The van der Waals surface area contributed by atoms with Gasteiger partial charge < -0.3 is 28.3 Å². The molecule has 10 heteroatoms. The van der Waals surface area contributed by atoms with Gasteiger partial charge in [0.2, 0.25) is 15.8 Å². The van der Waals surface area contributed by atoms with Gasteiger partial charge >= 0.3 is 0 Å². The average Bonchev–Trinajstić information content (AvgIpc) is 3.35. The van der Waals surface area contributed by atoms with Crippen molar-refractivity contribution in [3.8, 4) is 28.7 Å². The smallest absolute Gasteiger partial charge is 0.244 e. The Bertz CT molecular complexity index is 1290. The molecule has 1 unspecified atom stereocenters. The maximum Gasteiger partial charge on any atom is 0.244 e. The van der Waals surface area contributed by atoms with Crippen LogP contribution < -0.4 is 23.7 Å². The third-order valence-electron chi connectivity index (χ3n) is 6.12. The Morgan fingerprint density at radius 3 is 2.26 bits per heavy atom. The number of nitrogens with zero attached hydrogens (tertiary/aromatic N) is 2. The normalized spacial score (nSPS) is 17.7. The summed E-state index contributed by atoms with van der Waals surface area (Å²) in [5.41, 5.74) is 1.55. The quantitative estimate of drug-likeness (QED) is 0.529. The van der Waals surface area contributed by atoms with Gasteiger partial charge in [0, 0.05) is 31.0 Å². The molecule has 0 spiro atoms. The zero-order chi connectivity index (χ0) is 23.9. The van der Waals surface area contributed by atoms with Crippen molar-refractivity contribution in [1.82, 2.24) is 8.87 Å². The van der Waals surface area contributed by atoms with E-state index in [0.29, 0.717) is 60.6 Å². The predicted molar refractivity (Wildman–Crippen MR) is 124 cm³/mol. The molecule has 180 valence electrons. The lowest BCUT2D eigenvalue weighted by molar-refractivity contribution is 0.171. The first-order valence-electron chi connectivity index (χ1n) is 10.8. The van der Waals surface area contributed by atoms with Gasteiger partial charge in [-0.05, 0) is 42.0 Å². The molecule has 0 fully saturated rings. The van der Waals surface area contributed by atoms with E-state index in [4.69, 9.17) is 23.7 Å². The lowest BCUT2D eigenvalue weighted by Crippen LogP contribution is -2.42. The van der Waals surface area contributed by atoms with Crippen LogP contribution in [0.3, 0.4) is 0 Å². The van der Waals surface area contributed by atoms with Crippen LogP contribution >= 0.6 is 0 Å². The van der Waals surface area contributed by atoms with Gasteiger partial charge in [0.05, 0.1) is 32.3 Å². The van der Waals surface area contributed by atoms with Crippen LogP contribution in [-0.4, -0.2) is 58.4 Å². The number of hydrogen-bond donors (Lipinski definition) is 0. The summed E-state index contributed by atoms with van der Waals surface area (Å²) in [6, 6.07) is 11.6. The van der Waals surface area contributed by atoms with Crippen LogP contribution in [-0.2, 0) is 16.6 Å². The van der Waals surface area contributed by atoms with Crippen molar-refractivity contribution in [2.75, 3.05) is 41.1 Å². The Labute approximate surface area is 198 Å². The van der Waals surface area contributed by atoms with Crippen LogP contribution in [0.15, 0.2) is 53.6 Å². The molecule has 0 bridgehead atoms. The van der Waals surface area contributed by atoms with E-state index < -0.39 is 16.1 Å². The number of rotatable bonds is 6. The third kappa shape index (κ3) is 3.63. The van der Waals surface area contributed by atoms with Crippen molar-refractivity contribution in [1.29, 1.82) is 0 Å². The van der Waals surface area contributed by atoms with Crippen molar-refractivity contribution in [3.63, 3.8) is 0 Å². The summed E-state index contributed by atoms with van der Waals surface area (Å²) in [7, 11) is 0.708. The molecule has 9 nitrogen and oxygen atoms in total. The molecule has 0 N–H and O–H groups in total. The lowest BCUT2D eigenvalue weighted by Gasteiger charge is -2.36. The highest BCUT2D eigenvalue weighted by atomic mass is 32.2. The summed E-state index contributed by atoms with van der Waals surface area (Å²) in [5.74, 6) is 2.33. The van der Waals surface area contributed by atoms with Gasteiger partial charge in [-0.1, -0.05) is 0 Å². The summed E-state index contributed by atoms with van der Waals surface area (Å²) >= 11 is 0. The third-order valence-corrected chi connectivity index (χ3v) is 7.98. The topological polar surface area (TPSA) is 88.5 Å². The fourth-order valence-corrected chi connectivity index (χ4v) is 6.13. The summed E-state index contributed by atoms with van der Waals surface area (Å²) in [4.78, 5) is 0.147. The van der Waals surface area contributed by atoms with Gasteiger partial charge in [0.15, 0.2) is 23.0 Å². The van der Waals surface area contributed by atoms with Crippen molar-refractivity contribution < 1.29 is 32.1 Å². The van der Waals surface area contributed by atoms with Crippen LogP contribution in [0.2, 0.25) is 0 Å². The Morgan fingerprint density at radius 1 is 0.882 bits per heavy atom. The van der Waals surface area contributed by atoms with Crippen LogP contribution in [0.25, 0.3) is 0 Å². The SMILES string of the molecule is COc1cc(C2c3cccn3CCN2S(=O)(=O)c2ccc3c(c2)OCCO3)cc(OC)c1OC. The highest BCUT2D eigenvalue weighted by molar-refractivity contribution is 7.89. The van der Waals surface area contributed by atoms with Gasteiger partial charge in [0.25, 0.3) is 0 Å². The standard InChI is InChI=1S/C24H26N2O7S/c1-29-21-13-16(14-22(30-2)24(21)31-3)23-18-5-4-8-25(18)9-10-26(23)34(27,28)17-6-7-19-20(15-17)33-12-11-32-19/h4-8,13-15,23H,9-12H2,1-3H3. The predicted octanol–water partition coefficient (Wildman–Crippen LogP) is 3.08. The Hall–Kier alpha value is -3.37. The minimum atomic E-state index is -3.90. The molecule has 3 aromatic rings. The zero-order valence-electron chi connectivity index (χ0n) is 19.2. The number of sulfonamides is 1. The molecule has 2 aromatic carbocycles. The largest absolute Gasteiger partial charge is 0.493 e. The van der Waals surface area contributed by atoms with Crippen molar-refractivity contribution in [3.05, 3.63) is 59.9 Å². The maximum absolute atomic E-state index is 14.0. The van der Waals surface area contributed by atoms with E-state index in [1.54, 1.807) is 24.3 Å². The second-order valence-electron chi connectivity index (χ2n) is 7.91. The van der Waals surface area contributed by atoms with E-state index in [2.05, 4.69) is 4.57 Å². The first-order valence-corrected chi connectivity index (χ1v) is 12.3. The molecular weight excluding hydrogens is 460 g/mol. The molecule has 34 heavy (non-hydrogen) atoms. The minimum Gasteiger partial charge on any atom is -0.493 e. The highest BCUT2D eigenvalue weighted by Gasteiger charge is 2.39. The number of aromatic nitrogens is 1. The molecular formula is C24H26N2O7S. The van der Waals surface area contributed by atoms with Gasteiger partial charge in [0.1, 0.15) is 13.2 Å². The second-order valence-corrected chi connectivity index (χ2v) is 9.80. The summed E-state index contributed by atoms with van der Waals surface area (Å²) in [6.07, 6.45) is 1.95. The minimum absolute atomic E-state index is 0.147. The molecule has 2 aliphatic rings. The first-order chi connectivity index (χ1) is 16.5. The molecule has 0 saturated carbocycles. The van der Waals surface area contributed by atoms with Gasteiger partial charge in [-0.15, -0.1) is 0 Å². The molecule has 0 radical (unpaired) electrons. The molecule has 2 aliphatic heterocycles. The monoisotopic (exact) mass is 486 g/mol.